The number of nitrogens with one attached hydrogen (secondary N) is 1. The number of amides is 1. The number of hydrogen-bond donors (Lipinski definition) is 2. The van der Waals surface area contributed by atoms with E-state index < -0.39 is 10.0 Å². The summed E-state index contributed by atoms with van der Waals surface area (Å²) in [5.41, 5.74) is 2.34. The van der Waals surface area contributed by atoms with Crippen LogP contribution in [0.4, 0.5) is 0 Å². The van der Waals surface area contributed by atoms with Crippen molar-refractivity contribution < 1.29 is 13.2 Å². The van der Waals surface area contributed by atoms with Crippen molar-refractivity contribution in [2.45, 2.75) is 44.0 Å². The van der Waals surface area contributed by atoms with Gasteiger partial charge in [-0.3, -0.25) is 9.78 Å². The molecule has 29 heavy (non-hydrogen) atoms. The maximum Gasteiger partial charge on any atom is 0.238 e. The summed E-state index contributed by atoms with van der Waals surface area (Å²) < 4.78 is 25.2. The minimum Gasteiger partial charge on any atom is -0.356 e. The smallest absolute Gasteiger partial charge is 0.238 e. The number of carbonyl (C=O) groups excluding carboxylic acids is 1. The molecule has 0 spiro atoms. The molecule has 0 bridgehead atoms. The molecule has 0 radical (unpaired) electrons. The highest BCUT2D eigenvalue weighted by Crippen LogP contribution is 2.21. The lowest BCUT2D eigenvalue weighted by molar-refractivity contribution is -0.121. The van der Waals surface area contributed by atoms with E-state index in [9.17, 15) is 13.2 Å². The lowest BCUT2D eigenvalue weighted by Crippen LogP contribution is -2.26. The molecule has 3 N–H and O–H groups in total. The standard InChI is InChI=1S/C20H25N5O3S/c1-2-13-25-18-7-6-16(29(21,27)28)14-17(18)24-19(25)8-9-20(26)23-12-10-15-5-3-4-11-22-15/h3-7,11,14H,2,8-10,12-13H2,1H3,(H,23,26)(H2,21,27,28). The van der Waals surface area contributed by atoms with Crippen LogP contribution in [0.25, 0.3) is 11.0 Å². The number of sulfonamides is 1. The number of pyridine rings is 1. The molecule has 0 aliphatic carbocycles. The van der Waals surface area contributed by atoms with Gasteiger partial charge in [0.25, 0.3) is 0 Å². The number of nitrogens with zero attached hydrogens (tertiary/aromatic N) is 3. The van der Waals surface area contributed by atoms with E-state index in [-0.39, 0.29) is 10.8 Å². The van der Waals surface area contributed by atoms with Crippen molar-refractivity contribution in [1.82, 2.24) is 19.9 Å². The molecule has 2 aromatic heterocycles. The molecule has 3 aromatic rings. The van der Waals surface area contributed by atoms with Crippen molar-refractivity contribution in [3.05, 3.63) is 54.1 Å². The van der Waals surface area contributed by atoms with E-state index in [1.54, 1.807) is 12.3 Å². The van der Waals surface area contributed by atoms with Gasteiger partial charge in [-0.25, -0.2) is 18.5 Å². The van der Waals surface area contributed by atoms with Gasteiger partial charge in [0.2, 0.25) is 15.9 Å². The summed E-state index contributed by atoms with van der Waals surface area (Å²) in [4.78, 5) is 21.0. The average Bonchev–Trinajstić information content (AvgIpc) is 3.04. The second kappa shape index (κ2) is 9.15. The molecule has 1 amide bonds. The van der Waals surface area contributed by atoms with Crippen LogP contribution in [-0.2, 0) is 34.2 Å². The lowest BCUT2D eigenvalue weighted by atomic mass is 10.2. The molecule has 3 rings (SSSR count). The van der Waals surface area contributed by atoms with Crippen LogP contribution >= 0.6 is 0 Å². The SMILES string of the molecule is CCCn1c(CCC(=O)NCCc2ccccn2)nc2cc(S(N)(=O)=O)ccc21. The Labute approximate surface area is 170 Å². The second-order valence-electron chi connectivity index (χ2n) is 6.80. The van der Waals surface area contributed by atoms with Crippen molar-refractivity contribution in [1.29, 1.82) is 0 Å². The van der Waals surface area contributed by atoms with Crippen LogP contribution in [0.3, 0.4) is 0 Å². The molecule has 0 aliphatic heterocycles. The molecule has 1 aromatic carbocycles. The van der Waals surface area contributed by atoms with Crippen LogP contribution in [0.15, 0.2) is 47.5 Å². The van der Waals surface area contributed by atoms with Crippen molar-refractivity contribution >= 4 is 27.0 Å². The molecule has 8 nitrogen and oxygen atoms in total. The third-order valence-corrected chi connectivity index (χ3v) is 5.49. The van der Waals surface area contributed by atoms with Gasteiger partial charge >= 0.3 is 0 Å². The summed E-state index contributed by atoms with van der Waals surface area (Å²) in [6.07, 6.45) is 4.08. The number of aromatic nitrogens is 3. The summed E-state index contributed by atoms with van der Waals surface area (Å²) in [5, 5.41) is 8.12. The predicted octanol–water partition coefficient (Wildman–Crippen LogP) is 1.78. The summed E-state index contributed by atoms with van der Waals surface area (Å²) in [6.45, 7) is 3.32. The third kappa shape index (κ3) is 5.39. The molecule has 154 valence electrons. The monoisotopic (exact) mass is 415 g/mol. The predicted molar refractivity (Wildman–Crippen MR) is 111 cm³/mol. The lowest BCUT2D eigenvalue weighted by Gasteiger charge is -2.08. The topological polar surface area (TPSA) is 120 Å². The molecule has 0 unspecified atom stereocenters. The van der Waals surface area contributed by atoms with Gasteiger partial charge in [0.05, 0.1) is 15.9 Å². The van der Waals surface area contributed by atoms with Crippen LogP contribution in [0, 0.1) is 0 Å². The van der Waals surface area contributed by atoms with Crippen molar-refractivity contribution in [2.24, 2.45) is 5.14 Å². The molecule has 0 aliphatic rings. The zero-order valence-electron chi connectivity index (χ0n) is 16.3. The first kappa shape index (κ1) is 20.9. The van der Waals surface area contributed by atoms with Gasteiger partial charge in [0, 0.05) is 44.2 Å². The molecule has 0 saturated carbocycles. The van der Waals surface area contributed by atoms with Gasteiger partial charge in [-0.1, -0.05) is 13.0 Å². The second-order valence-corrected chi connectivity index (χ2v) is 8.36. The summed E-state index contributed by atoms with van der Waals surface area (Å²) in [5.74, 6) is 0.703. The molecule has 9 heteroatoms. The maximum atomic E-state index is 12.2. The van der Waals surface area contributed by atoms with E-state index in [2.05, 4.69) is 22.2 Å². The van der Waals surface area contributed by atoms with E-state index in [0.717, 1.165) is 30.0 Å². The van der Waals surface area contributed by atoms with Gasteiger partial charge in [-0.2, -0.15) is 0 Å². The van der Waals surface area contributed by atoms with Gasteiger partial charge in [-0.05, 0) is 36.8 Å². The van der Waals surface area contributed by atoms with Gasteiger partial charge < -0.3 is 9.88 Å². The molecular weight excluding hydrogens is 390 g/mol. The van der Waals surface area contributed by atoms with Crippen LogP contribution in [0.1, 0.15) is 31.3 Å². The van der Waals surface area contributed by atoms with Crippen molar-refractivity contribution in [3.63, 3.8) is 0 Å². The van der Waals surface area contributed by atoms with Crippen LogP contribution in [0.2, 0.25) is 0 Å². The van der Waals surface area contributed by atoms with E-state index in [1.807, 2.05) is 22.8 Å². The third-order valence-electron chi connectivity index (χ3n) is 4.58. The first-order valence-electron chi connectivity index (χ1n) is 9.57. The number of primary sulfonamides is 1. The van der Waals surface area contributed by atoms with E-state index in [4.69, 9.17) is 5.14 Å². The van der Waals surface area contributed by atoms with Crippen LogP contribution in [0.5, 0.6) is 0 Å². The average molecular weight is 416 g/mol. The highest BCUT2D eigenvalue weighted by molar-refractivity contribution is 7.89. The summed E-state index contributed by atoms with van der Waals surface area (Å²) >= 11 is 0. The minimum atomic E-state index is -3.79. The fraction of sp³-hybridized carbons (Fsp3) is 0.350. The fourth-order valence-electron chi connectivity index (χ4n) is 3.19. The Morgan fingerprint density at radius 3 is 2.72 bits per heavy atom. The Balaban J connectivity index is 1.66. The quantitative estimate of drug-likeness (QED) is 0.552. The number of hydrogen-bond acceptors (Lipinski definition) is 5. The van der Waals surface area contributed by atoms with Crippen LogP contribution < -0.4 is 10.5 Å². The number of benzene rings is 1. The highest BCUT2D eigenvalue weighted by Gasteiger charge is 2.15. The number of rotatable bonds is 9. The Morgan fingerprint density at radius 1 is 1.21 bits per heavy atom. The van der Waals surface area contributed by atoms with Crippen molar-refractivity contribution in [2.75, 3.05) is 6.54 Å². The Morgan fingerprint density at radius 2 is 2.03 bits per heavy atom. The number of fused-ring (bicyclic) bond motifs is 1. The zero-order valence-corrected chi connectivity index (χ0v) is 17.2. The van der Waals surface area contributed by atoms with E-state index >= 15 is 0 Å². The van der Waals surface area contributed by atoms with Crippen LogP contribution in [-0.4, -0.2) is 35.4 Å². The van der Waals surface area contributed by atoms with Gasteiger partial charge in [0.15, 0.2) is 0 Å². The van der Waals surface area contributed by atoms with Crippen molar-refractivity contribution in [3.8, 4) is 0 Å². The van der Waals surface area contributed by atoms with E-state index in [1.165, 1.54) is 12.1 Å². The number of imidazole rings is 1. The highest BCUT2D eigenvalue weighted by atomic mass is 32.2. The Kier molecular flexibility index (Phi) is 6.60. The Bertz CT molecular complexity index is 1090. The molecule has 0 saturated heterocycles. The number of aryl methyl sites for hydroxylation is 2. The first-order chi connectivity index (χ1) is 13.9. The first-order valence-corrected chi connectivity index (χ1v) is 11.1. The normalized spacial score (nSPS) is 11.7. The van der Waals surface area contributed by atoms with Gasteiger partial charge in [-0.15, -0.1) is 0 Å². The minimum absolute atomic E-state index is 0.0324. The Hall–Kier alpha value is -2.78. The maximum absolute atomic E-state index is 12.2. The number of nitrogens with two attached hydrogens (primary N) is 1. The number of carbonyl (C=O) groups is 1. The molecular formula is C20H25N5O3S. The molecule has 0 atom stereocenters. The van der Waals surface area contributed by atoms with Gasteiger partial charge in [0.1, 0.15) is 5.82 Å². The fourth-order valence-corrected chi connectivity index (χ4v) is 3.72. The summed E-state index contributed by atoms with van der Waals surface area (Å²) in [7, 11) is -3.79. The summed E-state index contributed by atoms with van der Waals surface area (Å²) in [6, 6.07) is 10.4. The van der Waals surface area contributed by atoms with E-state index in [0.29, 0.717) is 31.3 Å². The molecule has 2 heterocycles. The largest absolute Gasteiger partial charge is 0.356 e. The molecule has 0 fully saturated rings. The zero-order chi connectivity index (χ0) is 20.9.